The van der Waals surface area contributed by atoms with E-state index in [1.807, 2.05) is 0 Å². The van der Waals surface area contributed by atoms with E-state index in [4.69, 9.17) is 16.7 Å². The van der Waals surface area contributed by atoms with E-state index in [1.54, 1.807) is 6.07 Å². The summed E-state index contributed by atoms with van der Waals surface area (Å²) in [4.78, 5) is 18.8. The van der Waals surface area contributed by atoms with Crippen LogP contribution in [-0.2, 0) is 0 Å². The molecule has 0 atom stereocenters. The number of nitrogens with zero attached hydrogens (tertiary/aromatic N) is 2. The Kier molecular flexibility index (Phi) is 3.78. The van der Waals surface area contributed by atoms with Crippen molar-refractivity contribution >= 4 is 29.3 Å². The number of carboxylic acids is 1. The highest BCUT2D eigenvalue weighted by Gasteiger charge is 2.10. The molecule has 0 saturated heterocycles. The zero-order valence-electron chi connectivity index (χ0n) is 8.80. The van der Waals surface area contributed by atoms with Crippen molar-refractivity contribution in [3.8, 4) is 0 Å². The number of aromatic carboxylic acids is 1. The maximum atomic E-state index is 13.5. The minimum Gasteiger partial charge on any atom is -0.477 e. The predicted octanol–water partition coefficient (Wildman–Crippen LogP) is 3.12. The van der Waals surface area contributed by atoms with Gasteiger partial charge >= 0.3 is 5.97 Å². The summed E-state index contributed by atoms with van der Waals surface area (Å²) >= 11 is 6.59. The smallest absolute Gasteiger partial charge is 0.354 e. The molecule has 7 heteroatoms. The molecule has 2 heterocycles. The van der Waals surface area contributed by atoms with Crippen LogP contribution in [0.25, 0.3) is 0 Å². The lowest BCUT2D eigenvalue weighted by atomic mass is 10.3. The Morgan fingerprint density at radius 3 is 2.83 bits per heavy atom. The Balaban J connectivity index is 2.28. The average Bonchev–Trinajstić information content (AvgIpc) is 2.33. The lowest BCUT2D eigenvalue weighted by molar-refractivity contribution is 0.0690. The van der Waals surface area contributed by atoms with Crippen molar-refractivity contribution in [1.82, 2.24) is 9.97 Å². The Labute approximate surface area is 111 Å². The van der Waals surface area contributed by atoms with Gasteiger partial charge in [0.25, 0.3) is 0 Å². The van der Waals surface area contributed by atoms with Gasteiger partial charge in [-0.3, -0.25) is 0 Å². The van der Waals surface area contributed by atoms with E-state index in [2.05, 4.69) is 9.97 Å². The van der Waals surface area contributed by atoms with Gasteiger partial charge in [-0.15, -0.1) is 0 Å². The summed E-state index contributed by atoms with van der Waals surface area (Å²) in [7, 11) is 0. The van der Waals surface area contributed by atoms with Crippen LogP contribution in [0.2, 0.25) is 5.02 Å². The first-order valence-corrected chi connectivity index (χ1v) is 5.94. The maximum Gasteiger partial charge on any atom is 0.354 e. The molecule has 0 spiro atoms. The fraction of sp³-hybridized carbons (Fsp3) is 0. The molecule has 0 aliphatic carbocycles. The van der Waals surface area contributed by atoms with Gasteiger partial charge in [-0.2, -0.15) is 0 Å². The Morgan fingerprint density at radius 2 is 2.17 bits per heavy atom. The fourth-order valence-corrected chi connectivity index (χ4v) is 2.11. The van der Waals surface area contributed by atoms with Crippen molar-refractivity contribution in [3.63, 3.8) is 0 Å². The quantitative estimate of drug-likeness (QED) is 0.938. The van der Waals surface area contributed by atoms with Gasteiger partial charge in [0.2, 0.25) is 0 Å². The molecule has 92 valence electrons. The topological polar surface area (TPSA) is 63.1 Å². The molecule has 0 amide bonds. The predicted molar refractivity (Wildman–Crippen MR) is 64.5 cm³/mol. The van der Waals surface area contributed by atoms with E-state index < -0.39 is 11.8 Å². The molecule has 2 rings (SSSR count). The molecule has 0 unspecified atom stereocenters. The van der Waals surface area contributed by atoms with Gasteiger partial charge in [0.15, 0.2) is 5.82 Å². The van der Waals surface area contributed by atoms with Gasteiger partial charge in [0, 0.05) is 17.3 Å². The Morgan fingerprint density at radius 1 is 1.39 bits per heavy atom. The Hall–Kier alpha value is -1.66. The molecule has 0 bridgehead atoms. The fourth-order valence-electron chi connectivity index (χ4n) is 1.18. The molecule has 0 fully saturated rings. The van der Waals surface area contributed by atoms with Crippen molar-refractivity contribution in [2.24, 2.45) is 0 Å². The van der Waals surface area contributed by atoms with E-state index in [1.165, 1.54) is 18.5 Å². The molecule has 4 nitrogen and oxygen atoms in total. The second-order valence-electron chi connectivity index (χ2n) is 3.22. The molecule has 0 aliphatic rings. The molecule has 0 radical (unpaired) electrons. The van der Waals surface area contributed by atoms with Crippen LogP contribution in [0.4, 0.5) is 4.39 Å². The number of hydrogen-bond donors (Lipinski definition) is 1. The van der Waals surface area contributed by atoms with E-state index in [9.17, 15) is 9.18 Å². The van der Waals surface area contributed by atoms with Gasteiger partial charge in [0.1, 0.15) is 10.7 Å². The zero-order chi connectivity index (χ0) is 13.1. The maximum absolute atomic E-state index is 13.5. The van der Waals surface area contributed by atoms with E-state index in [-0.39, 0.29) is 15.7 Å². The van der Waals surface area contributed by atoms with Crippen LogP contribution in [0.3, 0.4) is 0 Å². The summed E-state index contributed by atoms with van der Waals surface area (Å²) in [5.74, 6) is -1.69. The molecule has 0 saturated carbocycles. The number of hydrogen-bond acceptors (Lipinski definition) is 4. The largest absolute Gasteiger partial charge is 0.477 e. The third-order valence-corrected chi connectivity index (χ3v) is 3.13. The first-order chi connectivity index (χ1) is 8.56. The van der Waals surface area contributed by atoms with Crippen LogP contribution in [0.5, 0.6) is 0 Å². The molecular weight excluding hydrogens is 279 g/mol. The van der Waals surface area contributed by atoms with Gasteiger partial charge < -0.3 is 5.11 Å². The van der Waals surface area contributed by atoms with E-state index in [0.717, 1.165) is 17.8 Å². The molecule has 0 aromatic carbocycles. The average molecular weight is 285 g/mol. The minimum absolute atomic E-state index is 0.102. The first kappa shape index (κ1) is 12.8. The summed E-state index contributed by atoms with van der Waals surface area (Å²) in [6.07, 6.45) is 2.67. The van der Waals surface area contributed by atoms with Gasteiger partial charge in [-0.1, -0.05) is 23.4 Å². The minimum atomic E-state index is -1.14. The van der Waals surface area contributed by atoms with Crippen LogP contribution in [0, 0.1) is 5.82 Å². The standard InChI is InChI=1S/C11H6ClFN2O2S/c12-6-3-8(13)10(15-5-6)18-7-1-2-14-9(4-7)11(16)17/h1-5H,(H,16,17). The molecule has 1 N–H and O–H groups in total. The first-order valence-electron chi connectivity index (χ1n) is 4.74. The molecule has 18 heavy (non-hydrogen) atoms. The summed E-state index contributed by atoms with van der Waals surface area (Å²) in [6.45, 7) is 0. The highest BCUT2D eigenvalue weighted by Crippen LogP contribution is 2.29. The number of halogens is 2. The lowest BCUT2D eigenvalue weighted by Crippen LogP contribution is -1.99. The second kappa shape index (κ2) is 5.32. The van der Waals surface area contributed by atoms with Crippen LogP contribution >= 0.6 is 23.4 Å². The zero-order valence-corrected chi connectivity index (χ0v) is 10.4. The van der Waals surface area contributed by atoms with Crippen LogP contribution in [-0.4, -0.2) is 21.0 Å². The van der Waals surface area contributed by atoms with Gasteiger partial charge in [-0.05, 0) is 18.2 Å². The van der Waals surface area contributed by atoms with Crippen LogP contribution in [0.15, 0.2) is 40.5 Å². The number of rotatable bonds is 3. The van der Waals surface area contributed by atoms with Crippen molar-refractivity contribution in [1.29, 1.82) is 0 Å². The third-order valence-electron chi connectivity index (χ3n) is 1.94. The summed E-state index contributed by atoms with van der Waals surface area (Å²) in [5, 5.41) is 9.12. The number of carbonyl (C=O) groups is 1. The van der Waals surface area contributed by atoms with Crippen molar-refractivity contribution in [2.45, 2.75) is 9.92 Å². The van der Waals surface area contributed by atoms with Crippen molar-refractivity contribution in [3.05, 3.63) is 47.1 Å². The molecule has 0 aliphatic heterocycles. The van der Waals surface area contributed by atoms with E-state index >= 15 is 0 Å². The lowest BCUT2D eigenvalue weighted by Gasteiger charge is -2.03. The molecular formula is C11H6ClFN2O2S. The summed E-state index contributed by atoms with van der Waals surface area (Å²) < 4.78 is 13.5. The number of pyridine rings is 2. The highest BCUT2D eigenvalue weighted by atomic mass is 35.5. The van der Waals surface area contributed by atoms with Crippen LogP contribution < -0.4 is 0 Å². The van der Waals surface area contributed by atoms with Gasteiger partial charge in [0.05, 0.1) is 5.02 Å². The second-order valence-corrected chi connectivity index (χ2v) is 4.72. The SMILES string of the molecule is O=C(O)c1cc(Sc2ncc(Cl)cc2F)ccn1. The summed E-state index contributed by atoms with van der Waals surface area (Å²) in [6, 6.07) is 4.08. The van der Waals surface area contributed by atoms with Crippen molar-refractivity contribution < 1.29 is 14.3 Å². The molecule has 2 aromatic heterocycles. The highest BCUT2D eigenvalue weighted by molar-refractivity contribution is 7.99. The Bertz CT molecular complexity index is 609. The van der Waals surface area contributed by atoms with E-state index in [0.29, 0.717) is 4.90 Å². The summed E-state index contributed by atoms with van der Waals surface area (Å²) in [5.41, 5.74) is -0.102. The van der Waals surface area contributed by atoms with Crippen LogP contribution in [0.1, 0.15) is 10.5 Å². The molecule has 2 aromatic rings. The van der Waals surface area contributed by atoms with Crippen molar-refractivity contribution in [2.75, 3.05) is 0 Å². The third kappa shape index (κ3) is 2.96. The number of carboxylic acid groups (broad SMARTS) is 1. The number of aromatic nitrogens is 2. The van der Waals surface area contributed by atoms with Gasteiger partial charge in [-0.25, -0.2) is 19.2 Å². The monoisotopic (exact) mass is 284 g/mol. The normalized spacial score (nSPS) is 10.3.